The number of piperidine rings is 1. The van der Waals surface area contributed by atoms with E-state index in [4.69, 9.17) is 4.42 Å². The highest BCUT2D eigenvalue weighted by Crippen LogP contribution is 2.53. The van der Waals surface area contributed by atoms with Crippen molar-refractivity contribution in [2.24, 2.45) is 5.41 Å². The molecule has 2 fully saturated rings. The maximum Gasteiger partial charge on any atom is 0.316 e. The van der Waals surface area contributed by atoms with Crippen LogP contribution in [0.4, 0.5) is 6.01 Å². The van der Waals surface area contributed by atoms with Crippen molar-refractivity contribution in [3.05, 3.63) is 29.8 Å². The summed E-state index contributed by atoms with van der Waals surface area (Å²) in [6, 6.07) is 8.89. The zero-order chi connectivity index (χ0) is 18.1. The van der Waals surface area contributed by atoms with Gasteiger partial charge in [0.1, 0.15) is 6.04 Å². The molecule has 1 atom stereocenters. The van der Waals surface area contributed by atoms with E-state index in [-0.39, 0.29) is 17.8 Å². The summed E-state index contributed by atoms with van der Waals surface area (Å²) in [6.45, 7) is 3.46. The summed E-state index contributed by atoms with van der Waals surface area (Å²) in [5, 5.41) is 20.1. The van der Waals surface area contributed by atoms with Crippen LogP contribution in [0.15, 0.2) is 28.7 Å². The third-order valence-electron chi connectivity index (χ3n) is 5.51. The zero-order valence-electron chi connectivity index (χ0n) is 14.7. The van der Waals surface area contributed by atoms with Crippen molar-refractivity contribution in [3.8, 4) is 17.5 Å². The summed E-state index contributed by atoms with van der Waals surface area (Å²) in [6.07, 6.45) is 4.86. The third kappa shape index (κ3) is 3.15. The Morgan fingerprint density at radius 2 is 2.00 bits per heavy atom. The van der Waals surface area contributed by atoms with Crippen LogP contribution >= 0.6 is 0 Å². The summed E-state index contributed by atoms with van der Waals surface area (Å²) in [4.78, 5) is 14.6. The van der Waals surface area contributed by atoms with Crippen LogP contribution in [0.2, 0.25) is 0 Å². The number of hydrogen-bond acceptors (Lipinski definition) is 6. The van der Waals surface area contributed by atoms with Gasteiger partial charge in [0, 0.05) is 13.1 Å². The molecule has 4 rings (SSSR count). The molecule has 1 aliphatic heterocycles. The second-order valence-electron chi connectivity index (χ2n) is 7.26. The lowest BCUT2D eigenvalue weighted by Crippen LogP contribution is -2.45. The van der Waals surface area contributed by atoms with Crippen molar-refractivity contribution in [1.29, 1.82) is 5.26 Å². The van der Waals surface area contributed by atoms with Gasteiger partial charge in [-0.05, 0) is 50.2 Å². The molecule has 1 aromatic heterocycles. The van der Waals surface area contributed by atoms with Crippen LogP contribution in [-0.4, -0.2) is 40.1 Å². The van der Waals surface area contributed by atoms with Gasteiger partial charge in [0.2, 0.25) is 5.91 Å². The Balaban J connectivity index is 1.40. The van der Waals surface area contributed by atoms with E-state index in [1.165, 1.54) is 12.8 Å². The van der Waals surface area contributed by atoms with Crippen molar-refractivity contribution in [3.63, 3.8) is 0 Å². The number of likely N-dealkylation sites (tertiary alicyclic amines) is 1. The van der Waals surface area contributed by atoms with E-state index < -0.39 is 6.04 Å². The monoisotopic (exact) mass is 351 g/mol. The molecule has 1 aliphatic carbocycles. The highest BCUT2D eigenvalue weighted by molar-refractivity contribution is 5.83. The molecular weight excluding hydrogens is 330 g/mol. The lowest BCUT2D eigenvalue weighted by Gasteiger charge is -2.33. The van der Waals surface area contributed by atoms with Crippen LogP contribution < -0.4 is 5.32 Å². The first-order chi connectivity index (χ1) is 12.6. The minimum Gasteiger partial charge on any atom is -0.403 e. The fourth-order valence-electron chi connectivity index (χ4n) is 3.56. The fraction of sp³-hybridized carbons (Fsp3) is 0.474. The molecule has 1 saturated carbocycles. The molecule has 7 nitrogen and oxygen atoms in total. The number of benzene rings is 1. The Hall–Kier alpha value is -2.88. The number of nitrogens with zero attached hydrogens (tertiary/aromatic N) is 4. The molecule has 2 aromatic rings. The predicted octanol–water partition coefficient (Wildman–Crippen LogP) is 2.81. The minimum atomic E-state index is -0.442. The minimum absolute atomic E-state index is 0.0534. The molecule has 1 saturated heterocycles. The molecule has 26 heavy (non-hydrogen) atoms. The van der Waals surface area contributed by atoms with Crippen molar-refractivity contribution in [2.45, 2.75) is 38.6 Å². The topological polar surface area (TPSA) is 95.0 Å². The second-order valence-corrected chi connectivity index (χ2v) is 7.26. The fourth-order valence-corrected chi connectivity index (χ4v) is 3.56. The van der Waals surface area contributed by atoms with Gasteiger partial charge in [0.05, 0.1) is 17.2 Å². The van der Waals surface area contributed by atoms with Crippen LogP contribution in [0.5, 0.6) is 0 Å². The molecule has 1 amide bonds. The highest BCUT2D eigenvalue weighted by atomic mass is 16.4. The SMILES string of the molecule is C[C@@H](Nc1nnc(-c2ccccc2C#N)o1)C(=O)N1CCC2(CC1)CC2. The largest absolute Gasteiger partial charge is 0.403 e. The van der Waals surface area contributed by atoms with Crippen molar-refractivity contribution < 1.29 is 9.21 Å². The van der Waals surface area contributed by atoms with E-state index in [0.717, 1.165) is 25.9 Å². The molecule has 1 aromatic carbocycles. The van der Waals surface area contributed by atoms with Crippen molar-refractivity contribution in [2.75, 3.05) is 18.4 Å². The molecule has 1 N–H and O–H groups in total. The van der Waals surface area contributed by atoms with Gasteiger partial charge in [-0.2, -0.15) is 5.26 Å². The Labute approximate surface area is 152 Å². The number of nitriles is 1. The summed E-state index contributed by atoms with van der Waals surface area (Å²) >= 11 is 0. The zero-order valence-corrected chi connectivity index (χ0v) is 14.7. The maximum absolute atomic E-state index is 12.6. The van der Waals surface area contributed by atoms with E-state index in [0.29, 0.717) is 16.5 Å². The van der Waals surface area contributed by atoms with Gasteiger partial charge in [-0.25, -0.2) is 0 Å². The number of anilines is 1. The van der Waals surface area contributed by atoms with Gasteiger partial charge in [-0.15, -0.1) is 5.10 Å². The van der Waals surface area contributed by atoms with Crippen molar-refractivity contribution in [1.82, 2.24) is 15.1 Å². The van der Waals surface area contributed by atoms with Crippen LogP contribution in [0, 0.1) is 16.7 Å². The molecule has 1 spiro atoms. The van der Waals surface area contributed by atoms with Gasteiger partial charge in [0.15, 0.2) is 0 Å². The van der Waals surface area contributed by atoms with Gasteiger partial charge in [-0.1, -0.05) is 17.2 Å². The molecular formula is C19H21N5O2. The smallest absolute Gasteiger partial charge is 0.316 e. The molecule has 2 heterocycles. The Morgan fingerprint density at radius 3 is 2.69 bits per heavy atom. The number of carbonyl (C=O) groups is 1. The van der Waals surface area contributed by atoms with E-state index in [9.17, 15) is 10.1 Å². The lowest BCUT2D eigenvalue weighted by molar-refractivity contribution is -0.133. The summed E-state index contributed by atoms with van der Waals surface area (Å²) in [7, 11) is 0. The van der Waals surface area contributed by atoms with E-state index in [1.807, 2.05) is 11.0 Å². The van der Waals surface area contributed by atoms with Gasteiger partial charge in [-0.3, -0.25) is 4.79 Å². The number of rotatable bonds is 4. The average Bonchev–Trinajstić information content (AvgIpc) is 3.26. The van der Waals surface area contributed by atoms with Gasteiger partial charge >= 0.3 is 6.01 Å². The predicted molar refractivity (Wildman–Crippen MR) is 95.0 cm³/mol. The van der Waals surface area contributed by atoms with E-state index in [2.05, 4.69) is 21.6 Å². The number of aromatic nitrogens is 2. The molecule has 0 bridgehead atoms. The van der Waals surface area contributed by atoms with Crippen LogP contribution in [0.3, 0.4) is 0 Å². The van der Waals surface area contributed by atoms with Crippen LogP contribution in [0.1, 0.15) is 38.2 Å². The summed E-state index contributed by atoms with van der Waals surface area (Å²) < 4.78 is 5.61. The number of carbonyl (C=O) groups excluding carboxylic acids is 1. The first kappa shape index (κ1) is 16.6. The first-order valence-electron chi connectivity index (χ1n) is 8.99. The summed E-state index contributed by atoms with van der Waals surface area (Å²) in [5.41, 5.74) is 1.60. The average molecular weight is 351 g/mol. The molecule has 7 heteroatoms. The van der Waals surface area contributed by atoms with Gasteiger partial charge in [0.25, 0.3) is 5.89 Å². The Bertz CT molecular complexity index is 855. The first-order valence-corrected chi connectivity index (χ1v) is 8.99. The van der Waals surface area contributed by atoms with Crippen molar-refractivity contribution >= 4 is 11.9 Å². The Morgan fingerprint density at radius 1 is 1.27 bits per heavy atom. The quantitative estimate of drug-likeness (QED) is 0.910. The number of hydrogen-bond donors (Lipinski definition) is 1. The lowest BCUT2D eigenvalue weighted by atomic mass is 9.93. The van der Waals surface area contributed by atoms with Crippen LogP contribution in [0.25, 0.3) is 11.5 Å². The van der Waals surface area contributed by atoms with Gasteiger partial charge < -0.3 is 14.6 Å². The second kappa shape index (κ2) is 6.45. The Kier molecular flexibility index (Phi) is 4.11. The van der Waals surface area contributed by atoms with Crippen LogP contribution in [-0.2, 0) is 4.79 Å². The molecule has 0 unspecified atom stereocenters. The number of nitrogens with one attached hydrogen (secondary N) is 1. The molecule has 2 aliphatic rings. The normalized spacial score (nSPS) is 19.0. The summed E-state index contributed by atoms with van der Waals surface area (Å²) in [5.74, 6) is 0.315. The highest BCUT2D eigenvalue weighted by Gasteiger charge is 2.45. The maximum atomic E-state index is 12.6. The molecule has 134 valence electrons. The van der Waals surface area contributed by atoms with E-state index >= 15 is 0 Å². The number of amides is 1. The molecule has 0 radical (unpaired) electrons. The standard InChI is InChI=1S/C19H21N5O2/c1-13(17(25)24-10-8-19(6-7-19)9-11-24)21-18-23-22-16(26-18)15-5-3-2-4-14(15)12-20/h2-5,13H,6-11H2,1H3,(H,21,23)/t13-/m1/s1. The third-order valence-corrected chi connectivity index (χ3v) is 5.51. The van der Waals surface area contributed by atoms with E-state index in [1.54, 1.807) is 25.1 Å².